The predicted molar refractivity (Wildman–Crippen MR) is 84.2 cm³/mol. The Morgan fingerprint density at radius 2 is 1.67 bits per heavy atom. The fourth-order valence-corrected chi connectivity index (χ4v) is 3.11. The number of aliphatic hydroxyl groups is 2. The summed E-state index contributed by atoms with van der Waals surface area (Å²) in [6.07, 6.45) is 9.41. The molecular weight excluding hydrogens is 268 g/mol. The third-order valence-electron chi connectivity index (χ3n) is 4.20. The summed E-state index contributed by atoms with van der Waals surface area (Å²) in [6.45, 7) is 6.33. The molecular formula is C17H34O4. The molecule has 0 aromatic rings. The number of unbranched alkanes of at least 4 members (excludes halogenated alkanes) is 6. The summed E-state index contributed by atoms with van der Waals surface area (Å²) >= 11 is 0. The van der Waals surface area contributed by atoms with Crippen molar-refractivity contribution in [2.75, 3.05) is 13.2 Å². The van der Waals surface area contributed by atoms with Crippen LogP contribution in [-0.4, -0.2) is 40.9 Å². The van der Waals surface area contributed by atoms with E-state index in [0.717, 1.165) is 12.8 Å². The number of hydrogen-bond donors (Lipinski definition) is 2. The second-order valence-electron chi connectivity index (χ2n) is 6.89. The number of rotatable bonds is 11. The van der Waals surface area contributed by atoms with Gasteiger partial charge in [0.1, 0.15) is 0 Å². The lowest BCUT2D eigenvalue weighted by atomic mass is 9.90. The van der Waals surface area contributed by atoms with Crippen LogP contribution in [-0.2, 0) is 9.47 Å². The minimum absolute atomic E-state index is 0.220. The van der Waals surface area contributed by atoms with E-state index < -0.39 is 17.5 Å². The first-order valence-electron chi connectivity index (χ1n) is 8.56. The average Bonchev–Trinajstić information content (AvgIpc) is 2.73. The van der Waals surface area contributed by atoms with E-state index in [-0.39, 0.29) is 6.61 Å². The van der Waals surface area contributed by atoms with Gasteiger partial charge < -0.3 is 19.7 Å². The number of ether oxygens (including phenoxy) is 2. The highest BCUT2D eigenvalue weighted by molar-refractivity contribution is 4.90. The highest BCUT2D eigenvalue weighted by atomic mass is 16.8. The van der Waals surface area contributed by atoms with Crippen LogP contribution in [0.4, 0.5) is 0 Å². The fraction of sp³-hybridized carbons (Fsp3) is 1.00. The van der Waals surface area contributed by atoms with Gasteiger partial charge in [-0.2, -0.15) is 0 Å². The first-order valence-corrected chi connectivity index (χ1v) is 8.56. The predicted octanol–water partition coefficient (Wildman–Crippen LogP) is 3.39. The van der Waals surface area contributed by atoms with Gasteiger partial charge in [0, 0.05) is 6.42 Å². The molecule has 126 valence electrons. The first kappa shape index (κ1) is 18.9. The van der Waals surface area contributed by atoms with Crippen LogP contribution in [0.3, 0.4) is 0 Å². The molecule has 0 bridgehead atoms. The van der Waals surface area contributed by atoms with E-state index in [4.69, 9.17) is 14.6 Å². The summed E-state index contributed by atoms with van der Waals surface area (Å²) in [5, 5.41) is 18.9. The zero-order valence-electron chi connectivity index (χ0n) is 14.1. The van der Waals surface area contributed by atoms with Gasteiger partial charge in [-0.05, 0) is 20.3 Å². The van der Waals surface area contributed by atoms with Gasteiger partial charge in [-0.15, -0.1) is 0 Å². The molecule has 0 radical (unpaired) electrons. The van der Waals surface area contributed by atoms with Crippen LogP contribution in [0.2, 0.25) is 0 Å². The molecule has 21 heavy (non-hydrogen) atoms. The molecule has 0 amide bonds. The monoisotopic (exact) mass is 302 g/mol. The van der Waals surface area contributed by atoms with Gasteiger partial charge in [0.2, 0.25) is 0 Å². The zero-order chi connectivity index (χ0) is 15.8. The minimum atomic E-state index is -0.730. The van der Waals surface area contributed by atoms with Gasteiger partial charge in [0.05, 0.1) is 24.9 Å². The Kier molecular flexibility index (Phi) is 8.17. The van der Waals surface area contributed by atoms with E-state index in [1.54, 1.807) is 0 Å². The fourth-order valence-electron chi connectivity index (χ4n) is 3.11. The molecule has 0 aromatic heterocycles. The molecule has 1 rings (SSSR count). The van der Waals surface area contributed by atoms with Crippen LogP contribution in [0.1, 0.15) is 78.6 Å². The van der Waals surface area contributed by atoms with Crippen molar-refractivity contribution in [2.45, 2.75) is 96.1 Å². The van der Waals surface area contributed by atoms with Gasteiger partial charge in [-0.1, -0.05) is 51.9 Å². The molecule has 4 heteroatoms. The molecule has 2 N–H and O–H groups in total. The molecule has 1 aliphatic rings. The van der Waals surface area contributed by atoms with E-state index in [9.17, 15) is 5.11 Å². The quantitative estimate of drug-likeness (QED) is 0.574. The van der Waals surface area contributed by atoms with Crippen molar-refractivity contribution in [3.05, 3.63) is 0 Å². The Balaban J connectivity index is 2.33. The highest BCUT2D eigenvalue weighted by Gasteiger charge is 2.45. The van der Waals surface area contributed by atoms with Crippen LogP contribution >= 0.6 is 0 Å². The second-order valence-corrected chi connectivity index (χ2v) is 6.89. The number of aliphatic hydroxyl groups excluding tert-OH is 2. The normalized spacial score (nSPS) is 26.1. The van der Waals surface area contributed by atoms with Gasteiger partial charge in [-0.3, -0.25) is 0 Å². The van der Waals surface area contributed by atoms with Gasteiger partial charge in [0.15, 0.2) is 5.79 Å². The van der Waals surface area contributed by atoms with Crippen molar-refractivity contribution >= 4 is 0 Å². The van der Waals surface area contributed by atoms with Crippen LogP contribution in [0, 0.1) is 0 Å². The van der Waals surface area contributed by atoms with E-state index >= 15 is 0 Å². The van der Waals surface area contributed by atoms with Crippen molar-refractivity contribution in [3.8, 4) is 0 Å². The molecule has 1 heterocycles. The maximum atomic E-state index is 9.77. The summed E-state index contributed by atoms with van der Waals surface area (Å²) in [4.78, 5) is 0. The molecule has 1 saturated heterocycles. The second kappa shape index (κ2) is 9.09. The maximum absolute atomic E-state index is 9.77. The van der Waals surface area contributed by atoms with E-state index in [2.05, 4.69) is 6.92 Å². The maximum Gasteiger partial charge on any atom is 0.163 e. The zero-order valence-corrected chi connectivity index (χ0v) is 14.1. The standard InChI is InChI=1S/C17H34O4/c1-4-5-6-7-8-9-10-11-17(12-15(19)13-18)14-20-16(2,3)21-17/h15,18-19H,4-14H2,1-3H3/t15-,17-/m0/s1. The van der Waals surface area contributed by atoms with Crippen molar-refractivity contribution < 1.29 is 19.7 Å². The lowest BCUT2D eigenvalue weighted by molar-refractivity contribution is -0.170. The van der Waals surface area contributed by atoms with Crippen LogP contribution in [0.25, 0.3) is 0 Å². The summed E-state index contributed by atoms with van der Waals surface area (Å²) in [6, 6.07) is 0. The number of hydrogen-bond acceptors (Lipinski definition) is 4. The third kappa shape index (κ3) is 7.09. The molecule has 1 aliphatic heterocycles. The van der Waals surface area contributed by atoms with Crippen molar-refractivity contribution in [2.24, 2.45) is 0 Å². The van der Waals surface area contributed by atoms with E-state index in [0.29, 0.717) is 13.0 Å². The molecule has 4 nitrogen and oxygen atoms in total. The van der Waals surface area contributed by atoms with Gasteiger partial charge >= 0.3 is 0 Å². The molecule has 2 atom stereocenters. The molecule has 0 saturated carbocycles. The largest absolute Gasteiger partial charge is 0.394 e. The molecule has 0 aromatic carbocycles. The van der Waals surface area contributed by atoms with E-state index in [1.807, 2.05) is 13.8 Å². The van der Waals surface area contributed by atoms with Crippen molar-refractivity contribution in [1.82, 2.24) is 0 Å². The van der Waals surface area contributed by atoms with Gasteiger partial charge in [-0.25, -0.2) is 0 Å². The molecule has 0 aliphatic carbocycles. The van der Waals surface area contributed by atoms with E-state index in [1.165, 1.54) is 38.5 Å². The molecule has 0 unspecified atom stereocenters. The lowest BCUT2D eigenvalue weighted by Crippen LogP contribution is -2.39. The Labute approximate surface area is 129 Å². The Morgan fingerprint density at radius 3 is 2.19 bits per heavy atom. The summed E-state index contributed by atoms with van der Waals surface area (Å²) < 4.78 is 11.8. The summed E-state index contributed by atoms with van der Waals surface area (Å²) in [5.74, 6) is -0.587. The Bertz CT molecular complexity index is 280. The van der Waals surface area contributed by atoms with Crippen LogP contribution in [0.15, 0.2) is 0 Å². The average molecular weight is 302 g/mol. The van der Waals surface area contributed by atoms with Crippen LogP contribution < -0.4 is 0 Å². The highest BCUT2D eigenvalue weighted by Crippen LogP contribution is 2.38. The SMILES string of the molecule is CCCCCCCCC[C@]1(C[C@H](O)CO)COC(C)(C)O1. The molecule has 1 fully saturated rings. The smallest absolute Gasteiger partial charge is 0.163 e. The Morgan fingerprint density at radius 1 is 1.05 bits per heavy atom. The van der Waals surface area contributed by atoms with Crippen molar-refractivity contribution in [3.63, 3.8) is 0 Å². The Hall–Kier alpha value is -0.160. The summed E-state index contributed by atoms with van der Waals surface area (Å²) in [5.41, 5.74) is -0.435. The van der Waals surface area contributed by atoms with Gasteiger partial charge in [0.25, 0.3) is 0 Å². The van der Waals surface area contributed by atoms with Crippen molar-refractivity contribution in [1.29, 1.82) is 0 Å². The first-order chi connectivity index (χ1) is 9.93. The lowest BCUT2D eigenvalue weighted by Gasteiger charge is -2.31. The third-order valence-corrected chi connectivity index (χ3v) is 4.20. The molecule has 0 spiro atoms. The topological polar surface area (TPSA) is 58.9 Å². The summed E-state index contributed by atoms with van der Waals surface area (Å²) in [7, 11) is 0. The van der Waals surface area contributed by atoms with Crippen LogP contribution in [0.5, 0.6) is 0 Å². The minimum Gasteiger partial charge on any atom is -0.394 e.